The first-order valence-electron chi connectivity index (χ1n) is 12.6. The van der Waals surface area contributed by atoms with E-state index in [0.717, 1.165) is 0 Å². The van der Waals surface area contributed by atoms with Gasteiger partial charge in [0.15, 0.2) is 0 Å². The van der Waals surface area contributed by atoms with Crippen molar-refractivity contribution in [3.05, 3.63) is 118 Å². The Morgan fingerprint density at radius 2 is 1.12 bits per heavy atom. The molecule has 11 heteroatoms. The van der Waals surface area contributed by atoms with Crippen molar-refractivity contribution in [3.8, 4) is 0 Å². The molecule has 0 aliphatic rings. The molecule has 206 valence electrons. The number of fused-ring (bicyclic) bond motifs is 6. The maximum absolute atomic E-state index is 13.9. The molecule has 2 N–H and O–H groups in total. The Balaban J connectivity index is 1.29. The van der Waals surface area contributed by atoms with Crippen LogP contribution in [0.25, 0.3) is 43.5 Å². The molecule has 42 heavy (non-hydrogen) atoms. The molecule has 0 radical (unpaired) electrons. The van der Waals surface area contributed by atoms with Crippen molar-refractivity contribution in [3.63, 3.8) is 0 Å². The van der Waals surface area contributed by atoms with E-state index in [2.05, 4.69) is 20.6 Å². The van der Waals surface area contributed by atoms with E-state index in [4.69, 9.17) is 8.83 Å². The van der Waals surface area contributed by atoms with Crippen LogP contribution >= 0.6 is 0 Å². The Morgan fingerprint density at radius 3 is 1.64 bits per heavy atom. The molecule has 7 rings (SSSR count). The van der Waals surface area contributed by atoms with Gasteiger partial charge in [0.25, 0.3) is 0 Å². The van der Waals surface area contributed by atoms with Crippen LogP contribution in [0, 0.1) is 0 Å². The molecule has 0 saturated heterocycles. The van der Waals surface area contributed by atoms with Gasteiger partial charge in [0.2, 0.25) is 5.95 Å². The first-order valence-corrected chi connectivity index (χ1v) is 12.6. The van der Waals surface area contributed by atoms with Crippen LogP contribution in [-0.2, 0) is 6.18 Å². The van der Waals surface area contributed by atoms with Crippen LogP contribution in [0.3, 0.4) is 0 Å². The van der Waals surface area contributed by atoms with Gasteiger partial charge >= 0.3 is 17.4 Å². The van der Waals surface area contributed by atoms with Crippen LogP contribution < -0.4 is 21.9 Å². The number of alkyl halides is 3. The van der Waals surface area contributed by atoms with Crippen LogP contribution in [0.4, 0.5) is 36.3 Å². The van der Waals surface area contributed by atoms with E-state index in [1.165, 1.54) is 12.1 Å². The minimum atomic E-state index is -4.74. The van der Waals surface area contributed by atoms with E-state index in [1.807, 2.05) is 0 Å². The molecule has 8 nitrogen and oxygen atoms in total. The summed E-state index contributed by atoms with van der Waals surface area (Å²) in [6.45, 7) is 0. The van der Waals surface area contributed by atoms with Gasteiger partial charge in [-0.05, 0) is 59.3 Å². The van der Waals surface area contributed by atoms with Gasteiger partial charge in [-0.1, -0.05) is 36.4 Å². The lowest BCUT2D eigenvalue weighted by Gasteiger charge is -2.15. The third-order valence-electron chi connectivity index (χ3n) is 6.85. The van der Waals surface area contributed by atoms with Crippen molar-refractivity contribution < 1.29 is 22.0 Å². The smallest absolute Gasteiger partial charge is 0.421 e. The Bertz CT molecular complexity index is 2310. The number of hydrogen-bond acceptors (Lipinski definition) is 8. The number of nitrogens with zero attached hydrogens (tertiary/aromatic N) is 2. The molecule has 0 saturated carbocycles. The van der Waals surface area contributed by atoms with Gasteiger partial charge in [0, 0.05) is 28.3 Å². The zero-order chi connectivity index (χ0) is 29.0. The lowest BCUT2D eigenvalue weighted by Crippen LogP contribution is -2.12. The SMILES string of the molecule is O=c1oc2ccc(Nc3ncc(C(F)(F)F)c(Nc4ccc5oc(=O)c6ccccc6c5c4)n3)cc2c2ccccc12. The van der Waals surface area contributed by atoms with Gasteiger partial charge in [-0.3, -0.25) is 0 Å². The molecular formula is C31H17F3N4O4. The molecule has 3 aromatic heterocycles. The Kier molecular flexibility index (Phi) is 5.68. The van der Waals surface area contributed by atoms with E-state index >= 15 is 0 Å². The highest BCUT2D eigenvalue weighted by atomic mass is 19.4. The monoisotopic (exact) mass is 566 g/mol. The minimum absolute atomic E-state index is 0.0937. The van der Waals surface area contributed by atoms with E-state index in [0.29, 0.717) is 61.1 Å². The zero-order valence-electron chi connectivity index (χ0n) is 21.3. The van der Waals surface area contributed by atoms with Crippen molar-refractivity contribution in [1.82, 2.24) is 9.97 Å². The summed E-state index contributed by atoms with van der Waals surface area (Å²) in [4.78, 5) is 32.7. The van der Waals surface area contributed by atoms with Crippen LogP contribution in [0.2, 0.25) is 0 Å². The number of halogens is 3. The number of nitrogens with one attached hydrogen (secondary N) is 2. The van der Waals surface area contributed by atoms with E-state index < -0.39 is 28.8 Å². The lowest BCUT2D eigenvalue weighted by molar-refractivity contribution is -0.137. The number of aromatic nitrogens is 2. The average molecular weight is 566 g/mol. The Hall–Kier alpha value is -5.71. The van der Waals surface area contributed by atoms with Gasteiger partial charge in [-0.25, -0.2) is 14.6 Å². The topological polar surface area (TPSA) is 110 Å². The Morgan fingerprint density at radius 1 is 0.619 bits per heavy atom. The fourth-order valence-electron chi connectivity index (χ4n) is 4.93. The summed E-state index contributed by atoms with van der Waals surface area (Å²) in [5, 5.41) is 8.91. The van der Waals surface area contributed by atoms with Crippen molar-refractivity contribution >= 4 is 66.6 Å². The van der Waals surface area contributed by atoms with Crippen molar-refractivity contribution in [1.29, 1.82) is 0 Å². The minimum Gasteiger partial charge on any atom is -0.422 e. The molecule has 0 unspecified atom stereocenters. The lowest BCUT2D eigenvalue weighted by atomic mass is 10.1. The van der Waals surface area contributed by atoms with Gasteiger partial charge in [-0.15, -0.1) is 0 Å². The molecule has 0 atom stereocenters. The number of hydrogen-bond donors (Lipinski definition) is 2. The van der Waals surface area contributed by atoms with Crippen LogP contribution in [0.1, 0.15) is 5.56 Å². The highest BCUT2D eigenvalue weighted by molar-refractivity contribution is 6.06. The third kappa shape index (κ3) is 4.37. The largest absolute Gasteiger partial charge is 0.422 e. The van der Waals surface area contributed by atoms with Crippen molar-refractivity contribution in [2.75, 3.05) is 10.6 Å². The van der Waals surface area contributed by atoms with Crippen LogP contribution in [0.5, 0.6) is 0 Å². The predicted molar refractivity (Wildman–Crippen MR) is 154 cm³/mol. The average Bonchev–Trinajstić information content (AvgIpc) is 2.98. The number of anilines is 4. The second-order valence-corrected chi connectivity index (χ2v) is 9.50. The molecule has 0 spiro atoms. The highest BCUT2D eigenvalue weighted by Crippen LogP contribution is 2.36. The standard InChI is InChI=1S/C31H17F3N4O4/c32-31(33,34)24-15-35-30(37-17-10-12-26-23(14-17)19-6-2-4-8-21(19)29(40)42-26)38-27(24)36-16-9-11-25-22(13-16)18-5-1-3-7-20(18)28(39)41-25/h1-15H,(H2,35,36,37,38). The van der Waals surface area contributed by atoms with Gasteiger partial charge < -0.3 is 19.5 Å². The summed E-state index contributed by atoms with van der Waals surface area (Å²) in [6, 6.07) is 23.3. The fraction of sp³-hybridized carbons (Fsp3) is 0.0323. The van der Waals surface area contributed by atoms with Gasteiger partial charge in [-0.2, -0.15) is 18.2 Å². The maximum atomic E-state index is 13.9. The molecule has 0 amide bonds. The molecule has 0 fully saturated rings. The second-order valence-electron chi connectivity index (χ2n) is 9.50. The number of rotatable bonds is 4. The summed E-state index contributed by atoms with van der Waals surface area (Å²) >= 11 is 0. The second kappa shape index (κ2) is 9.44. The first kappa shape index (κ1) is 25.3. The van der Waals surface area contributed by atoms with Crippen molar-refractivity contribution in [2.24, 2.45) is 0 Å². The van der Waals surface area contributed by atoms with Gasteiger partial charge in [0.1, 0.15) is 22.5 Å². The molecule has 0 aliphatic heterocycles. The zero-order valence-corrected chi connectivity index (χ0v) is 21.3. The van der Waals surface area contributed by atoms with Gasteiger partial charge in [0.05, 0.1) is 10.8 Å². The fourth-order valence-corrected chi connectivity index (χ4v) is 4.93. The van der Waals surface area contributed by atoms with E-state index in [-0.39, 0.29) is 5.95 Å². The third-order valence-corrected chi connectivity index (χ3v) is 6.85. The molecule has 0 bridgehead atoms. The molecule has 7 aromatic rings. The number of benzene rings is 4. The summed E-state index contributed by atoms with van der Waals surface area (Å²) < 4.78 is 52.6. The summed E-state index contributed by atoms with van der Waals surface area (Å²) in [5.41, 5.74) is -0.616. The molecule has 4 aromatic carbocycles. The summed E-state index contributed by atoms with van der Waals surface area (Å²) in [5.74, 6) is -0.568. The molecule has 3 heterocycles. The summed E-state index contributed by atoms with van der Waals surface area (Å²) in [6.07, 6.45) is -4.04. The molecular weight excluding hydrogens is 549 g/mol. The highest BCUT2D eigenvalue weighted by Gasteiger charge is 2.35. The Labute approximate surface area is 233 Å². The van der Waals surface area contributed by atoms with E-state index in [9.17, 15) is 22.8 Å². The summed E-state index contributed by atoms with van der Waals surface area (Å²) in [7, 11) is 0. The van der Waals surface area contributed by atoms with Crippen molar-refractivity contribution in [2.45, 2.75) is 6.18 Å². The molecule has 0 aliphatic carbocycles. The maximum Gasteiger partial charge on any atom is 0.421 e. The first-order chi connectivity index (χ1) is 20.2. The predicted octanol–water partition coefficient (Wildman–Crippen LogP) is 7.50. The van der Waals surface area contributed by atoms with Crippen LogP contribution in [-0.4, -0.2) is 9.97 Å². The quantitative estimate of drug-likeness (QED) is 0.166. The van der Waals surface area contributed by atoms with E-state index in [1.54, 1.807) is 72.8 Å². The normalized spacial score (nSPS) is 11.9. The van der Waals surface area contributed by atoms with Crippen LogP contribution in [0.15, 0.2) is 110 Å².